The number of unbranched alkanes of at least 4 members (excludes halogenated alkanes) is 17. The number of phosphoric ester groups is 1. The number of esters is 3. The summed E-state index contributed by atoms with van der Waals surface area (Å²) in [4.78, 5) is 48.5. The first kappa shape index (κ1) is 71.9. The molecule has 0 bridgehead atoms. The van der Waals surface area contributed by atoms with Crippen LogP contribution in [0.2, 0.25) is 0 Å². The van der Waals surface area contributed by atoms with Gasteiger partial charge >= 0.3 is 25.7 Å². The molecule has 11 nitrogen and oxygen atoms in total. The van der Waals surface area contributed by atoms with Crippen molar-refractivity contribution in [1.82, 2.24) is 0 Å². The molecule has 0 heterocycles. The van der Waals surface area contributed by atoms with Crippen LogP contribution >= 0.6 is 7.82 Å². The third-order valence-electron chi connectivity index (χ3n) is 11.9. The standard InChI is InChI=1S/C64H105O11P/c1-4-7-10-13-16-19-22-25-28-30-33-36-39-42-45-48-51-54-63(67)74-60(56-65)58-72-76(69,70)73-59-61(57-71-62(66)53-50-47-44-41-38-35-32-27-24-21-18-15-12-9-6-3)75-64(68)55-52-49-46-43-40-37-34-31-29-26-23-20-17-14-11-8-5-2/h8-9,11-12,17-18,20-21,25-29,32,34,37-38,41,47,50,60-61,65H,4-7,10,13-16,19,22-24,30-31,33,35-36,39-40,42-46,48-49,51-59H2,1-3H3,(H,69,70)/b11-8-,12-9-,20-17-,21-18-,28-25-,29-26-,32-27-,37-34-,41-38-,50-47-. The molecule has 2 N–H and O–H groups in total. The van der Waals surface area contributed by atoms with Crippen molar-refractivity contribution in [3.63, 3.8) is 0 Å². The van der Waals surface area contributed by atoms with Gasteiger partial charge in [0.2, 0.25) is 0 Å². The largest absolute Gasteiger partial charge is 0.472 e. The summed E-state index contributed by atoms with van der Waals surface area (Å²) in [5.74, 6) is -1.66. The Labute approximate surface area is 462 Å². The van der Waals surface area contributed by atoms with Crippen LogP contribution in [0.1, 0.15) is 226 Å². The highest BCUT2D eigenvalue weighted by molar-refractivity contribution is 7.47. The molecule has 0 aromatic rings. The lowest BCUT2D eigenvalue weighted by atomic mass is 10.1. The average molecular weight is 1080 g/mol. The molecule has 0 aliphatic carbocycles. The number of ether oxygens (including phenoxy) is 3. The van der Waals surface area contributed by atoms with Crippen LogP contribution in [0.15, 0.2) is 122 Å². The van der Waals surface area contributed by atoms with Gasteiger partial charge in [-0.05, 0) is 109 Å². The molecule has 0 aromatic heterocycles. The number of aliphatic hydroxyl groups excluding tert-OH is 1. The molecule has 3 atom stereocenters. The van der Waals surface area contributed by atoms with Crippen molar-refractivity contribution in [1.29, 1.82) is 0 Å². The molecule has 0 saturated heterocycles. The summed E-state index contributed by atoms with van der Waals surface area (Å²) in [6.45, 7) is 4.26. The number of aliphatic hydroxyl groups is 1. The topological polar surface area (TPSA) is 155 Å². The van der Waals surface area contributed by atoms with Crippen LogP contribution < -0.4 is 0 Å². The van der Waals surface area contributed by atoms with Gasteiger partial charge in [-0.1, -0.05) is 219 Å². The molecule has 0 fully saturated rings. The van der Waals surface area contributed by atoms with Crippen LogP contribution in [0.3, 0.4) is 0 Å². The summed E-state index contributed by atoms with van der Waals surface area (Å²) < 4.78 is 39.4. The lowest BCUT2D eigenvalue weighted by Gasteiger charge is -2.21. The second-order valence-electron chi connectivity index (χ2n) is 19.1. The summed E-state index contributed by atoms with van der Waals surface area (Å²) >= 11 is 0. The fraction of sp³-hybridized carbons (Fsp3) is 0.641. The zero-order chi connectivity index (χ0) is 55.5. The lowest BCUT2D eigenvalue weighted by molar-refractivity contribution is -0.161. The van der Waals surface area contributed by atoms with Gasteiger partial charge in [0.25, 0.3) is 0 Å². The fourth-order valence-corrected chi connectivity index (χ4v) is 8.26. The van der Waals surface area contributed by atoms with Gasteiger partial charge in [-0.3, -0.25) is 23.4 Å². The van der Waals surface area contributed by atoms with E-state index < -0.39 is 64.4 Å². The molecule has 76 heavy (non-hydrogen) atoms. The van der Waals surface area contributed by atoms with Crippen LogP contribution in [0.4, 0.5) is 0 Å². The Hall–Kier alpha value is -4.12. The highest BCUT2D eigenvalue weighted by Gasteiger charge is 2.28. The summed E-state index contributed by atoms with van der Waals surface area (Å²) in [6.07, 6.45) is 70.4. The third-order valence-corrected chi connectivity index (χ3v) is 12.8. The second kappa shape index (κ2) is 57.1. The minimum atomic E-state index is -4.78. The third kappa shape index (κ3) is 54.7. The number of carbonyl (C=O) groups is 3. The maximum absolute atomic E-state index is 12.9. The van der Waals surface area contributed by atoms with Gasteiger partial charge in [0.1, 0.15) is 12.7 Å². The normalized spacial score (nSPS) is 14.2. The molecule has 0 rings (SSSR count). The van der Waals surface area contributed by atoms with Crippen molar-refractivity contribution >= 4 is 25.7 Å². The molecular weight excluding hydrogens is 976 g/mol. The van der Waals surface area contributed by atoms with Gasteiger partial charge in [0, 0.05) is 12.8 Å². The minimum Gasteiger partial charge on any atom is -0.461 e. The molecule has 0 aliphatic rings. The van der Waals surface area contributed by atoms with Gasteiger partial charge in [-0.2, -0.15) is 0 Å². The number of hydrogen-bond donors (Lipinski definition) is 2. The van der Waals surface area contributed by atoms with Crippen molar-refractivity contribution in [2.75, 3.05) is 26.4 Å². The molecule has 0 aliphatic heterocycles. The highest BCUT2D eigenvalue weighted by atomic mass is 31.2. The lowest BCUT2D eigenvalue weighted by Crippen LogP contribution is -2.30. The van der Waals surface area contributed by atoms with E-state index in [1.165, 1.54) is 57.8 Å². The number of hydrogen-bond acceptors (Lipinski definition) is 10. The van der Waals surface area contributed by atoms with Gasteiger partial charge in [0.15, 0.2) is 6.10 Å². The molecule has 0 spiro atoms. The van der Waals surface area contributed by atoms with E-state index in [2.05, 4.69) is 124 Å². The first-order chi connectivity index (χ1) is 37.2. The second-order valence-corrected chi connectivity index (χ2v) is 20.5. The Bertz CT molecular complexity index is 1740. The van der Waals surface area contributed by atoms with E-state index in [9.17, 15) is 28.9 Å². The molecular formula is C64H105O11P. The predicted octanol–water partition coefficient (Wildman–Crippen LogP) is 17.6. The molecule has 12 heteroatoms. The molecule has 0 amide bonds. The molecule has 432 valence electrons. The van der Waals surface area contributed by atoms with E-state index in [1.54, 1.807) is 6.08 Å². The van der Waals surface area contributed by atoms with E-state index in [0.29, 0.717) is 19.3 Å². The fourth-order valence-electron chi connectivity index (χ4n) is 7.47. The van der Waals surface area contributed by atoms with E-state index in [1.807, 2.05) is 12.2 Å². The smallest absolute Gasteiger partial charge is 0.461 e. The molecule has 0 aromatic carbocycles. The van der Waals surface area contributed by atoms with E-state index in [-0.39, 0.29) is 19.3 Å². The van der Waals surface area contributed by atoms with E-state index in [0.717, 1.165) is 109 Å². The quantitative estimate of drug-likeness (QED) is 0.0197. The van der Waals surface area contributed by atoms with Gasteiger partial charge in [-0.25, -0.2) is 4.57 Å². The first-order valence-electron chi connectivity index (χ1n) is 29.4. The Balaban J connectivity index is 4.85. The van der Waals surface area contributed by atoms with E-state index in [4.69, 9.17) is 23.3 Å². The molecule has 0 radical (unpaired) electrons. The SMILES string of the molecule is CC/C=C\C/C=C\C/C=C\C/C=C\C/C=C\CC(=O)OCC(COP(=O)(O)OCC(CO)OC(=O)CCCCCCCCC/C=C\CCCCCCCC)OC(=O)CCCCCC/C=C\C/C=C\C/C=C\C/C=C\CC. The van der Waals surface area contributed by atoms with Crippen LogP contribution in [0.25, 0.3) is 0 Å². The van der Waals surface area contributed by atoms with Crippen molar-refractivity contribution in [2.24, 2.45) is 0 Å². The average Bonchev–Trinajstić information content (AvgIpc) is 3.41. The van der Waals surface area contributed by atoms with Gasteiger partial charge in [0.05, 0.1) is 26.2 Å². The zero-order valence-electron chi connectivity index (χ0n) is 47.7. The summed E-state index contributed by atoms with van der Waals surface area (Å²) in [5, 5.41) is 9.83. The van der Waals surface area contributed by atoms with E-state index >= 15 is 0 Å². The van der Waals surface area contributed by atoms with Crippen molar-refractivity contribution < 1.29 is 52.2 Å². The summed E-state index contributed by atoms with van der Waals surface area (Å²) in [6, 6.07) is 0. The van der Waals surface area contributed by atoms with Crippen molar-refractivity contribution in [2.45, 2.75) is 238 Å². The van der Waals surface area contributed by atoms with Gasteiger partial charge < -0.3 is 24.2 Å². The van der Waals surface area contributed by atoms with Crippen LogP contribution in [-0.4, -0.2) is 66.5 Å². The zero-order valence-corrected chi connectivity index (χ0v) is 48.6. The Morgan fingerprint density at radius 1 is 0.395 bits per heavy atom. The Morgan fingerprint density at radius 2 is 0.724 bits per heavy atom. The van der Waals surface area contributed by atoms with Crippen LogP contribution in [0.5, 0.6) is 0 Å². The number of phosphoric acid groups is 1. The predicted molar refractivity (Wildman–Crippen MR) is 316 cm³/mol. The summed E-state index contributed by atoms with van der Waals surface area (Å²) in [7, 11) is -4.78. The number of rotatable bonds is 53. The monoisotopic (exact) mass is 1080 g/mol. The highest BCUT2D eigenvalue weighted by Crippen LogP contribution is 2.43. The molecule has 0 saturated carbocycles. The van der Waals surface area contributed by atoms with Gasteiger partial charge in [-0.15, -0.1) is 0 Å². The van der Waals surface area contributed by atoms with Crippen LogP contribution in [0, 0.1) is 0 Å². The van der Waals surface area contributed by atoms with Crippen molar-refractivity contribution in [3.05, 3.63) is 122 Å². The Morgan fingerprint density at radius 3 is 1.13 bits per heavy atom. The van der Waals surface area contributed by atoms with Crippen LogP contribution in [-0.2, 0) is 42.2 Å². The number of carbonyl (C=O) groups excluding carboxylic acids is 3. The van der Waals surface area contributed by atoms with Crippen molar-refractivity contribution in [3.8, 4) is 0 Å². The molecule has 3 unspecified atom stereocenters. The Kier molecular flexibility index (Phi) is 54.0. The first-order valence-corrected chi connectivity index (χ1v) is 30.9. The number of allylic oxidation sites excluding steroid dienone is 19. The maximum atomic E-state index is 12.9. The summed E-state index contributed by atoms with van der Waals surface area (Å²) in [5.41, 5.74) is 0. The minimum absolute atomic E-state index is 0.0173. The maximum Gasteiger partial charge on any atom is 0.472 e.